The molecule has 546 valence electrons. The second-order valence-electron chi connectivity index (χ2n) is 28.3. The van der Waals surface area contributed by atoms with Crippen molar-refractivity contribution in [3.8, 4) is 0 Å². The highest BCUT2D eigenvalue weighted by Gasteiger charge is 2.26. The van der Waals surface area contributed by atoms with Gasteiger partial charge in [-0.25, -0.2) is 15.0 Å². The van der Waals surface area contributed by atoms with E-state index in [1.807, 2.05) is 229 Å². The Morgan fingerprint density at radius 3 is 1.18 bits per heavy atom. The number of nitrogens with zero attached hydrogens (tertiary/aromatic N) is 9. The van der Waals surface area contributed by atoms with Gasteiger partial charge in [0.1, 0.15) is 11.4 Å². The minimum absolute atomic E-state index is 0.00159. The molecule has 8 aromatic carbocycles. The Labute approximate surface area is 635 Å². The molecule has 0 saturated heterocycles. The maximum Gasteiger partial charge on any atom is 0.178 e. The molecule has 0 N–H and O–H groups in total. The number of aryl methyl sites for hydroxylation is 2. The molecule has 0 fully saturated rings. The van der Waals surface area contributed by atoms with Gasteiger partial charge in [0.2, 0.25) is 0 Å². The maximum atomic E-state index is 11.7. The van der Waals surface area contributed by atoms with Crippen LogP contribution in [0.3, 0.4) is 0 Å². The highest BCUT2D eigenvalue weighted by Crippen LogP contribution is 2.40. The fraction of sp³-hybridized carbons (Fsp3) is 0.213. The summed E-state index contributed by atoms with van der Waals surface area (Å²) < 4.78 is 0. The number of aliphatic imine (C=N–C) groups is 5. The van der Waals surface area contributed by atoms with Crippen LogP contribution in [0.2, 0.25) is 0 Å². The summed E-state index contributed by atoms with van der Waals surface area (Å²) in [7, 11) is 0. The number of aromatic nitrogens is 4. The quantitative estimate of drug-likeness (QED) is 0.0708. The molecule has 12 aromatic rings. The van der Waals surface area contributed by atoms with Gasteiger partial charge in [-0.05, 0) is 198 Å². The zero-order valence-electron chi connectivity index (χ0n) is 65.2. The largest absolute Gasteiger partial charge is 0.295 e. The summed E-state index contributed by atoms with van der Waals surface area (Å²) in [5, 5.41) is 2.04. The minimum Gasteiger partial charge on any atom is -0.295 e. The Balaban J connectivity index is 0.000000171. The van der Waals surface area contributed by atoms with E-state index in [1.54, 1.807) is 45.3 Å². The summed E-state index contributed by atoms with van der Waals surface area (Å²) in [6.45, 7) is 34.9. The molecule has 0 aliphatic rings. The minimum atomic E-state index is -0.0537. The number of pyridine rings is 4. The molecule has 0 aliphatic carbocycles. The van der Waals surface area contributed by atoms with Crippen LogP contribution in [0.4, 0.5) is 28.4 Å². The van der Waals surface area contributed by atoms with Crippen LogP contribution < -0.4 is 0 Å². The van der Waals surface area contributed by atoms with E-state index in [-0.39, 0.29) is 39.7 Å². The molecule has 0 unspecified atom stereocenters. The number of benzene rings is 8. The Bertz CT molecular complexity index is 5370. The number of para-hydroxylation sites is 5. The lowest BCUT2D eigenvalue weighted by molar-refractivity contribution is 0.100. The highest BCUT2D eigenvalue weighted by molar-refractivity contribution is 6.07. The van der Waals surface area contributed by atoms with Crippen molar-refractivity contribution in [3.05, 3.63) is 327 Å². The smallest absolute Gasteiger partial charge is 0.178 e. The normalized spacial score (nSPS) is 11.9. The van der Waals surface area contributed by atoms with Crippen LogP contribution in [0.15, 0.2) is 274 Å². The molecule has 0 atom stereocenters. The van der Waals surface area contributed by atoms with Crippen molar-refractivity contribution in [2.24, 2.45) is 25.0 Å². The Morgan fingerprint density at radius 2 is 0.694 bits per heavy atom. The van der Waals surface area contributed by atoms with Gasteiger partial charge in [-0.15, -0.1) is 0 Å². The fourth-order valence-corrected chi connectivity index (χ4v) is 11.4. The molecule has 0 bridgehead atoms. The van der Waals surface area contributed by atoms with E-state index in [9.17, 15) is 24.0 Å². The predicted molar refractivity (Wildman–Crippen MR) is 447 cm³/mol. The van der Waals surface area contributed by atoms with E-state index in [4.69, 9.17) is 9.98 Å². The van der Waals surface area contributed by atoms with Crippen molar-refractivity contribution in [2.75, 3.05) is 0 Å². The molecule has 0 aliphatic heterocycles. The predicted octanol–water partition coefficient (Wildman–Crippen LogP) is 23.2. The molecule has 0 amide bonds. The van der Waals surface area contributed by atoms with Crippen LogP contribution in [-0.2, 0) is 10.8 Å². The van der Waals surface area contributed by atoms with E-state index in [1.165, 1.54) is 25.0 Å². The average molecular weight is 1430 g/mol. The molecule has 108 heavy (non-hydrogen) atoms. The van der Waals surface area contributed by atoms with Crippen LogP contribution >= 0.6 is 0 Å². The zero-order valence-corrected chi connectivity index (χ0v) is 65.2. The third-order valence-electron chi connectivity index (χ3n) is 17.5. The van der Waals surface area contributed by atoms with E-state index in [2.05, 4.69) is 121 Å². The monoisotopic (exact) mass is 1430 g/mol. The summed E-state index contributed by atoms with van der Waals surface area (Å²) in [5.41, 5.74) is 22.9. The SMILES string of the molecule is CC(=O)c1cccc(C(C)=Nc2c(C(C)(C)C)cccc2C(C)(C)C)c1.CC(=O)c1cccc(C(C)=Nc2c(C)cccc2C)c1.CC(=O)c1cccc(C(C)=Nc2ccccc2)c1.CC(=O)c1cccc(C(C)=Nc2ccnc3ccccc23)n1.CC(=O)c1cccc(C(C)=Nc2cnc3ccccc3c2)n1. The van der Waals surface area contributed by atoms with Gasteiger partial charge in [0, 0.05) is 64.6 Å². The maximum absolute atomic E-state index is 11.7. The van der Waals surface area contributed by atoms with E-state index < -0.39 is 0 Å². The molecular formula is C94H95N9O5. The standard InChI is InChI=1S/C24H31NO.2C18H15N3O.C18H19NO.C16H15NO/c1-16(18-11-9-12-19(15-18)17(2)26)25-22-20(23(3,4)5)13-10-14-21(22)24(6,7)8;1-12(16-8-5-9-17(21-16)13(2)22)20-15-10-14-6-3-4-7-18(14)19-11-15;1-12(15-8-5-9-16(21-15)13(2)22)20-18-10-11-19-17-7-4-3-6-14(17)18;1-12-7-5-8-13(2)18(12)19-14(3)16-9-6-10-17(11-16)15(4)20;1-12(17-16-9-4-3-5-10-16)14-7-6-8-15(11-14)13(2)18/h9-15H,1-8H3;2*3-11H,1-2H3;5-11H,1-4H3;3-11H,1-2H3. The van der Waals surface area contributed by atoms with E-state index in [0.717, 1.165) is 123 Å². The van der Waals surface area contributed by atoms with Gasteiger partial charge >= 0.3 is 0 Å². The summed E-state index contributed by atoms with van der Waals surface area (Å²) >= 11 is 0. The summed E-state index contributed by atoms with van der Waals surface area (Å²) in [4.78, 5) is 98.3. The molecule has 0 spiro atoms. The van der Waals surface area contributed by atoms with Gasteiger partial charge < -0.3 is 0 Å². The number of carbonyl (C=O) groups excluding carboxylic acids is 5. The number of rotatable bonds is 15. The average Bonchev–Trinajstić information content (AvgIpc) is 0.780. The van der Waals surface area contributed by atoms with Crippen LogP contribution in [0.25, 0.3) is 21.8 Å². The molecule has 4 heterocycles. The Hall–Kier alpha value is -12.4. The number of ketones is 5. The van der Waals surface area contributed by atoms with E-state index in [0.29, 0.717) is 22.8 Å². The first-order chi connectivity index (χ1) is 51.3. The summed E-state index contributed by atoms with van der Waals surface area (Å²) in [5.74, 6) is 0.118. The van der Waals surface area contributed by atoms with Crippen molar-refractivity contribution < 1.29 is 24.0 Å². The van der Waals surface area contributed by atoms with Crippen LogP contribution in [0, 0.1) is 13.8 Å². The number of hydrogen-bond acceptors (Lipinski definition) is 14. The van der Waals surface area contributed by atoms with Crippen LogP contribution in [0.5, 0.6) is 0 Å². The number of Topliss-reactive ketones (excluding diaryl/α,β-unsaturated/α-hetero) is 5. The van der Waals surface area contributed by atoms with Crippen molar-refractivity contribution in [2.45, 2.75) is 135 Å². The Morgan fingerprint density at radius 1 is 0.306 bits per heavy atom. The number of carbonyl (C=O) groups is 5. The first-order valence-corrected chi connectivity index (χ1v) is 35.9. The zero-order chi connectivity index (χ0) is 78.4. The van der Waals surface area contributed by atoms with Crippen molar-refractivity contribution >= 4 is 108 Å². The van der Waals surface area contributed by atoms with Crippen molar-refractivity contribution in [3.63, 3.8) is 0 Å². The molecule has 0 saturated carbocycles. The van der Waals surface area contributed by atoms with E-state index >= 15 is 0 Å². The van der Waals surface area contributed by atoms with Gasteiger partial charge in [-0.1, -0.05) is 199 Å². The van der Waals surface area contributed by atoms with Gasteiger partial charge in [-0.3, -0.25) is 53.9 Å². The van der Waals surface area contributed by atoms with Gasteiger partial charge in [0.15, 0.2) is 28.9 Å². The third kappa shape index (κ3) is 23.0. The topological polar surface area (TPSA) is 199 Å². The second-order valence-corrected chi connectivity index (χ2v) is 28.3. The highest BCUT2D eigenvalue weighted by atomic mass is 16.1. The van der Waals surface area contributed by atoms with Gasteiger partial charge in [0.25, 0.3) is 0 Å². The van der Waals surface area contributed by atoms with Crippen molar-refractivity contribution in [1.82, 2.24) is 19.9 Å². The fourth-order valence-electron chi connectivity index (χ4n) is 11.4. The summed E-state index contributed by atoms with van der Waals surface area (Å²) in [6, 6.07) is 75.7. The number of fused-ring (bicyclic) bond motifs is 2. The van der Waals surface area contributed by atoms with Gasteiger partial charge in [-0.2, -0.15) is 0 Å². The van der Waals surface area contributed by atoms with Crippen LogP contribution in [-0.4, -0.2) is 77.4 Å². The third-order valence-corrected chi connectivity index (χ3v) is 17.5. The first kappa shape index (κ1) is 81.3. The Kier molecular flexibility index (Phi) is 28.2. The molecular weight excluding hydrogens is 1340 g/mol. The molecule has 0 radical (unpaired) electrons. The number of hydrogen-bond donors (Lipinski definition) is 0. The first-order valence-electron chi connectivity index (χ1n) is 35.9. The second kappa shape index (κ2) is 37.5. The van der Waals surface area contributed by atoms with Crippen LogP contribution in [0.1, 0.15) is 213 Å². The summed E-state index contributed by atoms with van der Waals surface area (Å²) in [6.07, 6.45) is 3.48. The lowest BCUT2D eigenvalue weighted by Gasteiger charge is -2.28. The lowest BCUT2D eigenvalue weighted by atomic mass is 9.79. The molecule has 14 heteroatoms. The van der Waals surface area contributed by atoms with Crippen molar-refractivity contribution in [1.29, 1.82) is 0 Å². The molecule has 12 rings (SSSR count). The lowest BCUT2D eigenvalue weighted by Crippen LogP contribution is -2.17. The molecule has 14 nitrogen and oxygen atoms in total. The molecule has 4 aromatic heterocycles. The van der Waals surface area contributed by atoms with Gasteiger partial charge in [0.05, 0.1) is 68.5 Å².